The average Bonchev–Trinajstić information content (AvgIpc) is 3.24. The van der Waals surface area contributed by atoms with Gasteiger partial charge in [-0.3, -0.25) is 4.79 Å². The van der Waals surface area contributed by atoms with E-state index in [2.05, 4.69) is 4.98 Å². The zero-order chi connectivity index (χ0) is 19.0. The van der Waals surface area contributed by atoms with E-state index in [0.29, 0.717) is 17.1 Å². The minimum Gasteiger partial charge on any atom is -0.459 e. The highest BCUT2D eigenvalue weighted by atomic mass is 19.4. The number of aromatic nitrogens is 2. The number of carbonyl (C=O) groups is 1. The van der Waals surface area contributed by atoms with Crippen molar-refractivity contribution in [2.75, 3.05) is 6.79 Å². The van der Waals surface area contributed by atoms with Crippen LogP contribution in [-0.4, -0.2) is 22.3 Å². The van der Waals surface area contributed by atoms with Gasteiger partial charge in [-0.1, -0.05) is 18.2 Å². The van der Waals surface area contributed by atoms with Crippen molar-refractivity contribution in [2.45, 2.75) is 19.3 Å². The molecule has 1 aliphatic heterocycles. The van der Waals surface area contributed by atoms with Gasteiger partial charge in [0.2, 0.25) is 12.6 Å². The number of hydrogen-bond acceptors (Lipinski definition) is 5. The van der Waals surface area contributed by atoms with Gasteiger partial charge in [0.15, 0.2) is 11.5 Å². The second kappa shape index (κ2) is 6.49. The molecule has 0 atom stereocenters. The molecule has 0 saturated heterocycles. The van der Waals surface area contributed by atoms with Crippen LogP contribution in [0, 0.1) is 0 Å². The van der Waals surface area contributed by atoms with Crippen molar-refractivity contribution >= 4 is 17.0 Å². The van der Waals surface area contributed by atoms with E-state index in [1.807, 2.05) is 0 Å². The Morgan fingerprint density at radius 2 is 1.93 bits per heavy atom. The first-order valence-electron chi connectivity index (χ1n) is 7.98. The lowest BCUT2D eigenvalue weighted by Crippen LogP contribution is -2.20. The summed E-state index contributed by atoms with van der Waals surface area (Å²) in [6.45, 7) is -0.574. The van der Waals surface area contributed by atoms with E-state index < -0.39 is 24.5 Å². The number of para-hydroxylation sites is 2. The number of alkyl halides is 3. The Morgan fingerprint density at radius 1 is 1.15 bits per heavy atom. The highest BCUT2D eigenvalue weighted by molar-refractivity contribution is 5.79. The molecule has 2 heterocycles. The molecule has 0 unspecified atom stereocenters. The van der Waals surface area contributed by atoms with Crippen molar-refractivity contribution in [1.29, 1.82) is 0 Å². The first kappa shape index (κ1) is 17.2. The van der Waals surface area contributed by atoms with Gasteiger partial charge in [0, 0.05) is 0 Å². The number of fused-ring (bicyclic) bond motifs is 2. The summed E-state index contributed by atoms with van der Waals surface area (Å²) >= 11 is 0. The minimum absolute atomic E-state index is 0.0938. The molecule has 2 aromatic carbocycles. The van der Waals surface area contributed by atoms with Gasteiger partial charge in [0.05, 0.1) is 11.0 Å². The number of rotatable bonds is 4. The van der Waals surface area contributed by atoms with Crippen LogP contribution in [0.5, 0.6) is 11.5 Å². The molecule has 4 rings (SSSR count). The first-order valence-corrected chi connectivity index (χ1v) is 7.98. The van der Waals surface area contributed by atoms with Gasteiger partial charge in [-0.05, 0) is 29.8 Å². The second-order valence-electron chi connectivity index (χ2n) is 5.86. The molecule has 1 aromatic heterocycles. The summed E-state index contributed by atoms with van der Waals surface area (Å²) in [5, 5.41) is 0. The van der Waals surface area contributed by atoms with Gasteiger partial charge in [0.1, 0.15) is 13.2 Å². The summed E-state index contributed by atoms with van der Waals surface area (Å²) in [5.41, 5.74) is 1.01. The lowest BCUT2D eigenvalue weighted by atomic mass is 10.2. The lowest BCUT2D eigenvalue weighted by molar-refractivity contribution is -0.151. The number of benzene rings is 2. The lowest BCUT2D eigenvalue weighted by Gasteiger charge is -2.11. The molecule has 3 aromatic rings. The van der Waals surface area contributed by atoms with Gasteiger partial charge >= 0.3 is 12.1 Å². The number of esters is 1. The maximum atomic E-state index is 13.3. The molecule has 27 heavy (non-hydrogen) atoms. The Morgan fingerprint density at radius 3 is 2.74 bits per heavy atom. The third-order valence-electron chi connectivity index (χ3n) is 4.03. The molecular weight excluding hydrogens is 365 g/mol. The first-order chi connectivity index (χ1) is 12.9. The van der Waals surface area contributed by atoms with Crippen molar-refractivity contribution < 1.29 is 32.2 Å². The van der Waals surface area contributed by atoms with Crippen LogP contribution in [0.1, 0.15) is 11.4 Å². The molecule has 1 aliphatic rings. The fraction of sp³-hybridized carbons (Fsp3) is 0.222. The van der Waals surface area contributed by atoms with E-state index >= 15 is 0 Å². The molecule has 140 valence electrons. The van der Waals surface area contributed by atoms with Crippen LogP contribution in [0.2, 0.25) is 0 Å². The molecule has 0 spiro atoms. The van der Waals surface area contributed by atoms with Gasteiger partial charge in [0.25, 0.3) is 0 Å². The van der Waals surface area contributed by atoms with E-state index in [-0.39, 0.29) is 24.4 Å². The van der Waals surface area contributed by atoms with Gasteiger partial charge in [-0.2, -0.15) is 13.2 Å². The van der Waals surface area contributed by atoms with Crippen LogP contribution in [0.15, 0.2) is 42.5 Å². The standard InChI is InChI=1S/C18H13F3N2O4/c19-18(20,21)17-22-12-3-1-2-4-13(12)23(17)8-16(24)25-9-11-5-6-14-15(7-11)27-10-26-14/h1-7H,8-10H2. The average molecular weight is 378 g/mol. The fourth-order valence-corrected chi connectivity index (χ4v) is 2.82. The largest absolute Gasteiger partial charge is 0.459 e. The number of hydrogen-bond donors (Lipinski definition) is 0. The molecule has 0 amide bonds. The number of halogens is 3. The molecule has 0 radical (unpaired) electrons. The van der Waals surface area contributed by atoms with Crippen LogP contribution in [-0.2, 0) is 28.9 Å². The van der Waals surface area contributed by atoms with Crippen LogP contribution in [0.4, 0.5) is 13.2 Å². The molecule has 0 aliphatic carbocycles. The predicted octanol–water partition coefficient (Wildman–Crippen LogP) is 3.53. The summed E-state index contributed by atoms with van der Waals surface area (Å²) in [4.78, 5) is 15.7. The van der Waals surface area contributed by atoms with Crippen LogP contribution < -0.4 is 9.47 Å². The minimum atomic E-state index is -4.68. The van der Waals surface area contributed by atoms with Crippen molar-refractivity contribution in [3.63, 3.8) is 0 Å². The SMILES string of the molecule is O=C(Cn1c(C(F)(F)F)nc2ccccc21)OCc1ccc2c(c1)OCO2. The van der Waals surface area contributed by atoms with Crippen molar-refractivity contribution in [3.8, 4) is 11.5 Å². The highest BCUT2D eigenvalue weighted by Gasteiger charge is 2.38. The summed E-state index contributed by atoms with van der Waals surface area (Å²) in [6, 6.07) is 11.1. The number of carbonyl (C=O) groups excluding carboxylic acids is 1. The molecule has 6 nitrogen and oxygen atoms in total. The van der Waals surface area contributed by atoms with E-state index in [0.717, 1.165) is 4.57 Å². The predicted molar refractivity (Wildman–Crippen MR) is 87.1 cm³/mol. The van der Waals surface area contributed by atoms with Crippen LogP contribution in [0.25, 0.3) is 11.0 Å². The number of imidazole rings is 1. The summed E-state index contributed by atoms with van der Waals surface area (Å²) in [5.74, 6) is -0.821. The van der Waals surface area contributed by atoms with Crippen LogP contribution >= 0.6 is 0 Å². The molecule has 9 heteroatoms. The Labute approximate surface area is 151 Å². The third kappa shape index (κ3) is 3.40. The smallest absolute Gasteiger partial charge is 0.449 e. The Kier molecular flexibility index (Phi) is 4.14. The maximum Gasteiger partial charge on any atom is 0.449 e. The fourth-order valence-electron chi connectivity index (χ4n) is 2.82. The summed E-state index contributed by atoms with van der Waals surface area (Å²) in [6.07, 6.45) is -4.68. The molecule has 0 saturated carbocycles. The Hall–Kier alpha value is -3.23. The van der Waals surface area contributed by atoms with Crippen LogP contribution in [0.3, 0.4) is 0 Å². The Bertz CT molecular complexity index is 1010. The molecule has 0 N–H and O–H groups in total. The van der Waals surface area contributed by atoms with Gasteiger partial charge in [-0.15, -0.1) is 0 Å². The van der Waals surface area contributed by atoms with Gasteiger partial charge < -0.3 is 18.8 Å². The molecule has 0 fully saturated rings. The number of ether oxygens (including phenoxy) is 3. The third-order valence-corrected chi connectivity index (χ3v) is 4.03. The van der Waals surface area contributed by atoms with E-state index in [1.54, 1.807) is 30.3 Å². The molecular formula is C18H13F3N2O4. The zero-order valence-electron chi connectivity index (χ0n) is 13.8. The Balaban J connectivity index is 1.51. The van der Waals surface area contributed by atoms with E-state index in [4.69, 9.17) is 14.2 Å². The summed E-state index contributed by atoms with van der Waals surface area (Å²) in [7, 11) is 0. The topological polar surface area (TPSA) is 62.6 Å². The normalized spacial score (nSPS) is 13.1. The van der Waals surface area contributed by atoms with Crippen molar-refractivity contribution in [3.05, 3.63) is 53.9 Å². The van der Waals surface area contributed by atoms with Crippen molar-refractivity contribution in [2.24, 2.45) is 0 Å². The van der Waals surface area contributed by atoms with Crippen molar-refractivity contribution in [1.82, 2.24) is 9.55 Å². The monoisotopic (exact) mass is 378 g/mol. The number of nitrogens with zero attached hydrogens (tertiary/aromatic N) is 2. The van der Waals surface area contributed by atoms with E-state index in [9.17, 15) is 18.0 Å². The quantitative estimate of drug-likeness (QED) is 0.650. The highest BCUT2D eigenvalue weighted by Crippen LogP contribution is 2.33. The summed E-state index contributed by atoms with van der Waals surface area (Å²) < 4.78 is 56.1. The second-order valence-corrected chi connectivity index (χ2v) is 5.86. The maximum absolute atomic E-state index is 13.3. The van der Waals surface area contributed by atoms with Gasteiger partial charge in [-0.25, -0.2) is 4.98 Å². The zero-order valence-corrected chi connectivity index (χ0v) is 13.8. The van der Waals surface area contributed by atoms with E-state index in [1.165, 1.54) is 12.1 Å². The molecule has 0 bridgehead atoms.